The van der Waals surface area contributed by atoms with Crippen LogP contribution in [0.1, 0.15) is 39.0 Å². The highest BCUT2D eigenvalue weighted by Crippen LogP contribution is 2.18. The van der Waals surface area contributed by atoms with Crippen molar-refractivity contribution in [1.82, 2.24) is 5.32 Å². The van der Waals surface area contributed by atoms with Gasteiger partial charge in [-0.15, -0.1) is 0 Å². The maximum absolute atomic E-state index is 12.6. The van der Waals surface area contributed by atoms with Gasteiger partial charge in [0.25, 0.3) is 11.8 Å². The molecule has 1 atom stereocenters. The molecule has 0 saturated carbocycles. The van der Waals surface area contributed by atoms with Crippen molar-refractivity contribution in [2.45, 2.75) is 26.5 Å². The number of nitrogens with one attached hydrogen (secondary N) is 2. The number of furan rings is 1. The van der Waals surface area contributed by atoms with Crippen LogP contribution in [0.3, 0.4) is 0 Å². The minimum Gasteiger partial charge on any atom is -0.459 e. The van der Waals surface area contributed by atoms with Crippen molar-refractivity contribution in [1.29, 1.82) is 0 Å². The molecule has 0 aliphatic heterocycles. The number of hydrogen-bond donors (Lipinski definition) is 2. The molecule has 1 aromatic heterocycles. The van der Waals surface area contributed by atoms with Crippen molar-refractivity contribution in [2.75, 3.05) is 5.32 Å². The van der Waals surface area contributed by atoms with E-state index in [9.17, 15) is 14.4 Å². The van der Waals surface area contributed by atoms with Crippen molar-refractivity contribution in [3.05, 3.63) is 89.4 Å². The molecule has 0 fully saturated rings. The van der Waals surface area contributed by atoms with E-state index in [-0.39, 0.29) is 17.0 Å². The van der Waals surface area contributed by atoms with Gasteiger partial charge in [0.1, 0.15) is 0 Å². The van der Waals surface area contributed by atoms with Gasteiger partial charge in [-0.1, -0.05) is 42.0 Å². The molecular weight excluding hydrogens is 384 g/mol. The molecule has 3 aromatic rings. The van der Waals surface area contributed by atoms with Crippen LogP contribution in [0.25, 0.3) is 0 Å². The van der Waals surface area contributed by atoms with Gasteiger partial charge in [0, 0.05) is 6.54 Å². The number of rotatable bonds is 7. The number of aryl methyl sites for hydroxylation is 1. The molecule has 0 aliphatic carbocycles. The van der Waals surface area contributed by atoms with Gasteiger partial charge in [-0.25, -0.2) is 4.79 Å². The van der Waals surface area contributed by atoms with E-state index in [1.54, 1.807) is 24.3 Å². The van der Waals surface area contributed by atoms with Crippen LogP contribution >= 0.6 is 0 Å². The van der Waals surface area contributed by atoms with E-state index in [2.05, 4.69) is 10.6 Å². The summed E-state index contributed by atoms with van der Waals surface area (Å²) in [4.78, 5) is 37.1. The molecule has 2 amide bonds. The van der Waals surface area contributed by atoms with Crippen LogP contribution in [0.4, 0.5) is 5.69 Å². The third-order valence-corrected chi connectivity index (χ3v) is 4.38. The second-order valence-electron chi connectivity index (χ2n) is 6.73. The lowest BCUT2D eigenvalue weighted by molar-refractivity contribution is -0.129. The number of benzene rings is 2. The van der Waals surface area contributed by atoms with E-state index in [1.807, 2.05) is 31.2 Å². The van der Waals surface area contributed by atoms with Crippen LogP contribution < -0.4 is 10.6 Å². The average molecular weight is 406 g/mol. The van der Waals surface area contributed by atoms with Gasteiger partial charge in [-0.3, -0.25) is 9.59 Å². The topological polar surface area (TPSA) is 97.6 Å². The molecule has 1 heterocycles. The first-order chi connectivity index (χ1) is 14.4. The Hall–Kier alpha value is -3.87. The van der Waals surface area contributed by atoms with Gasteiger partial charge in [-0.05, 0) is 43.7 Å². The Morgan fingerprint density at radius 3 is 2.43 bits per heavy atom. The van der Waals surface area contributed by atoms with Crippen LogP contribution in [0, 0.1) is 6.92 Å². The fraction of sp³-hybridized carbons (Fsp3) is 0.174. The third kappa shape index (κ3) is 5.35. The van der Waals surface area contributed by atoms with Crippen LogP contribution in [0.5, 0.6) is 0 Å². The van der Waals surface area contributed by atoms with Crippen molar-refractivity contribution in [3.8, 4) is 0 Å². The molecule has 3 rings (SSSR count). The molecule has 0 unspecified atom stereocenters. The molecule has 2 aromatic carbocycles. The number of esters is 1. The van der Waals surface area contributed by atoms with Crippen LogP contribution in [-0.4, -0.2) is 23.9 Å². The lowest BCUT2D eigenvalue weighted by atomic mass is 10.1. The van der Waals surface area contributed by atoms with Crippen molar-refractivity contribution >= 4 is 23.5 Å². The van der Waals surface area contributed by atoms with E-state index in [1.165, 1.54) is 25.3 Å². The van der Waals surface area contributed by atoms with Crippen molar-refractivity contribution < 1.29 is 23.5 Å². The number of amides is 2. The predicted octanol–water partition coefficient (Wildman–Crippen LogP) is 3.70. The summed E-state index contributed by atoms with van der Waals surface area (Å²) in [6.45, 7) is 3.81. The maximum atomic E-state index is 12.6. The van der Waals surface area contributed by atoms with Gasteiger partial charge in [0.05, 0.1) is 17.5 Å². The van der Waals surface area contributed by atoms with Gasteiger partial charge in [0.15, 0.2) is 11.9 Å². The maximum Gasteiger partial charge on any atom is 0.341 e. The van der Waals surface area contributed by atoms with Crippen LogP contribution in [-0.2, 0) is 16.1 Å². The molecule has 0 aliphatic rings. The number of anilines is 1. The first-order valence-electron chi connectivity index (χ1n) is 9.42. The summed E-state index contributed by atoms with van der Waals surface area (Å²) in [5.74, 6) is -1.52. The number of carbonyl (C=O) groups is 3. The molecule has 154 valence electrons. The van der Waals surface area contributed by atoms with Crippen LogP contribution in [0.2, 0.25) is 0 Å². The zero-order chi connectivity index (χ0) is 21.5. The lowest BCUT2D eigenvalue weighted by Crippen LogP contribution is -2.35. The molecule has 0 spiro atoms. The Balaban J connectivity index is 1.60. The number of ether oxygens (including phenoxy) is 1. The molecular formula is C23H22N2O5. The SMILES string of the molecule is Cc1ccc(CNC(=O)[C@H](C)OC(=O)c2ccccc2NC(=O)c2ccco2)cc1. The van der Waals surface area contributed by atoms with Gasteiger partial charge in [-0.2, -0.15) is 0 Å². The fourth-order valence-corrected chi connectivity index (χ4v) is 2.68. The highest BCUT2D eigenvalue weighted by Gasteiger charge is 2.21. The molecule has 0 bridgehead atoms. The van der Waals surface area contributed by atoms with Gasteiger partial charge >= 0.3 is 5.97 Å². The Kier molecular flexibility index (Phi) is 6.64. The Morgan fingerprint density at radius 2 is 1.73 bits per heavy atom. The predicted molar refractivity (Wildman–Crippen MR) is 111 cm³/mol. The van der Waals surface area contributed by atoms with E-state index < -0.39 is 23.9 Å². The summed E-state index contributed by atoms with van der Waals surface area (Å²) in [5.41, 5.74) is 2.47. The van der Waals surface area contributed by atoms with Crippen LogP contribution in [0.15, 0.2) is 71.3 Å². The zero-order valence-corrected chi connectivity index (χ0v) is 16.7. The highest BCUT2D eigenvalue weighted by atomic mass is 16.5. The summed E-state index contributed by atoms with van der Waals surface area (Å²) < 4.78 is 10.3. The number of para-hydroxylation sites is 1. The van der Waals surface area contributed by atoms with Crippen molar-refractivity contribution in [2.24, 2.45) is 0 Å². The standard InChI is InChI=1S/C23H22N2O5/c1-15-9-11-17(12-10-15)14-24-21(26)16(2)30-23(28)18-6-3-4-7-19(18)25-22(27)20-8-5-13-29-20/h3-13,16H,14H2,1-2H3,(H,24,26)(H,25,27)/t16-/m0/s1. The third-order valence-electron chi connectivity index (χ3n) is 4.38. The highest BCUT2D eigenvalue weighted by molar-refractivity contribution is 6.06. The molecule has 7 heteroatoms. The second-order valence-corrected chi connectivity index (χ2v) is 6.73. The molecule has 0 saturated heterocycles. The quantitative estimate of drug-likeness (QED) is 0.583. The van der Waals surface area contributed by atoms with Gasteiger partial charge < -0.3 is 19.8 Å². The first kappa shape index (κ1) is 20.9. The van der Waals surface area contributed by atoms with E-state index in [0.29, 0.717) is 6.54 Å². The van der Waals surface area contributed by atoms with E-state index in [4.69, 9.17) is 9.15 Å². The molecule has 30 heavy (non-hydrogen) atoms. The lowest BCUT2D eigenvalue weighted by Gasteiger charge is -2.15. The van der Waals surface area contributed by atoms with Crippen molar-refractivity contribution in [3.63, 3.8) is 0 Å². The molecule has 7 nitrogen and oxygen atoms in total. The number of carbonyl (C=O) groups excluding carboxylic acids is 3. The first-order valence-corrected chi connectivity index (χ1v) is 9.42. The van der Waals surface area contributed by atoms with E-state index >= 15 is 0 Å². The number of hydrogen-bond acceptors (Lipinski definition) is 5. The summed E-state index contributed by atoms with van der Waals surface area (Å²) in [5, 5.41) is 5.36. The Bertz CT molecular complexity index is 1030. The minimum atomic E-state index is -1.00. The summed E-state index contributed by atoms with van der Waals surface area (Å²) in [6, 6.07) is 17.2. The summed E-state index contributed by atoms with van der Waals surface area (Å²) in [7, 11) is 0. The minimum absolute atomic E-state index is 0.113. The average Bonchev–Trinajstić information content (AvgIpc) is 3.28. The second kappa shape index (κ2) is 9.56. The molecule has 2 N–H and O–H groups in total. The smallest absolute Gasteiger partial charge is 0.341 e. The monoisotopic (exact) mass is 406 g/mol. The summed E-state index contributed by atoms with van der Waals surface area (Å²) in [6.07, 6.45) is 0.378. The zero-order valence-electron chi connectivity index (χ0n) is 16.7. The normalized spacial score (nSPS) is 11.4. The Morgan fingerprint density at radius 1 is 1.00 bits per heavy atom. The van der Waals surface area contributed by atoms with Gasteiger partial charge in [0.2, 0.25) is 0 Å². The Labute approximate surface area is 174 Å². The fourth-order valence-electron chi connectivity index (χ4n) is 2.68. The summed E-state index contributed by atoms with van der Waals surface area (Å²) >= 11 is 0. The van der Waals surface area contributed by atoms with E-state index in [0.717, 1.165) is 11.1 Å². The molecule has 0 radical (unpaired) electrons. The largest absolute Gasteiger partial charge is 0.459 e.